The van der Waals surface area contributed by atoms with Gasteiger partial charge in [-0.1, -0.05) is 12.1 Å². The third kappa shape index (κ3) is 4.87. The number of hydrogen-bond acceptors (Lipinski definition) is 6. The number of para-hydroxylation sites is 2. The maximum atomic E-state index is 12.3. The van der Waals surface area contributed by atoms with Crippen LogP contribution in [0.25, 0.3) is 0 Å². The summed E-state index contributed by atoms with van der Waals surface area (Å²) in [5.74, 6) is 0. The molecular formula is C14H22N4O5S. The van der Waals surface area contributed by atoms with Crippen molar-refractivity contribution in [1.29, 1.82) is 0 Å². The third-order valence-corrected chi connectivity index (χ3v) is 5.10. The largest absolute Gasteiger partial charge is 0.378 e. The van der Waals surface area contributed by atoms with E-state index in [1.807, 2.05) is 13.8 Å². The van der Waals surface area contributed by atoms with Crippen molar-refractivity contribution in [2.45, 2.75) is 26.1 Å². The maximum Gasteiger partial charge on any atom is 0.292 e. The summed E-state index contributed by atoms with van der Waals surface area (Å²) in [6, 6.07) is 6.23. The smallest absolute Gasteiger partial charge is 0.292 e. The molecule has 2 N–H and O–H groups in total. The van der Waals surface area contributed by atoms with Crippen LogP contribution in [0, 0.1) is 10.1 Å². The van der Waals surface area contributed by atoms with Crippen molar-refractivity contribution in [3.8, 4) is 0 Å². The molecule has 0 bridgehead atoms. The first-order valence-corrected chi connectivity index (χ1v) is 9.11. The highest BCUT2D eigenvalue weighted by atomic mass is 32.2. The van der Waals surface area contributed by atoms with Gasteiger partial charge in [-0.05, 0) is 19.9 Å². The van der Waals surface area contributed by atoms with Gasteiger partial charge in [0.25, 0.3) is 15.9 Å². The van der Waals surface area contributed by atoms with E-state index in [1.165, 1.54) is 10.4 Å². The zero-order valence-electron chi connectivity index (χ0n) is 13.6. The Balaban J connectivity index is 1.86. The Morgan fingerprint density at radius 3 is 2.50 bits per heavy atom. The highest BCUT2D eigenvalue weighted by Crippen LogP contribution is 2.22. The van der Waals surface area contributed by atoms with Crippen LogP contribution in [0.4, 0.5) is 11.4 Å². The van der Waals surface area contributed by atoms with Crippen LogP contribution in [0.3, 0.4) is 0 Å². The van der Waals surface area contributed by atoms with E-state index in [4.69, 9.17) is 4.74 Å². The minimum atomic E-state index is -3.60. The fraction of sp³-hybridized carbons (Fsp3) is 0.571. The van der Waals surface area contributed by atoms with Gasteiger partial charge in [0.05, 0.1) is 17.1 Å². The first-order chi connectivity index (χ1) is 11.3. The molecule has 134 valence electrons. The van der Waals surface area contributed by atoms with E-state index in [0.29, 0.717) is 18.8 Å². The SMILES string of the molecule is C[C@H]1CN(S(=O)(=O)NCCNc2ccccc2[N+](=O)[O-])C[C@H](C)O1. The monoisotopic (exact) mass is 358 g/mol. The maximum absolute atomic E-state index is 12.3. The zero-order chi connectivity index (χ0) is 17.7. The first-order valence-electron chi connectivity index (χ1n) is 7.67. The topological polar surface area (TPSA) is 114 Å². The Morgan fingerprint density at radius 2 is 1.88 bits per heavy atom. The van der Waals surface area contributed by atoms with Gasteiger partial charge in [-0.2, -0.15) is 12.7 Å². The van der Waals surface area contributed by atoms with Crippen molar-refractivity contribution in [3.05, 3.63) is 34.4 Å². The van der Waals surface area contributed by atoms with Gasteiger partial charge in [0.2, 0.25) is 0 Å². The molecule has 0 unspecified atom stereocenters. The number of nitro benzene ring substituents is 1. The molecule has 1 fully saturated rings. The van der Waals surface area contributed by atoms with Crippen molar-refractivity contribution in [1.82, 2.24) is 9.03 Å². The molecule has 24 heavy (non-hydrogen) atoms. The molecule has 1 aliphatic heterocycles. The molecule has 0 spiro atoms. The summed E-state index contributed by atoms with van der Waals surface area (Å²) in [4.78, 5) is 10.4. The van der Waals surface area contributed by atoms with Crippen molar-refractivity contribution in [2.24, 2.45) is 0 Å². The molecule has 0 amide bonds. The van der Waals surface area contributed by atoms with Crippen LogP contribution in [0.2, 0.25) is 0 Å². The number of nitrogens with zero attached hydrogens (tertiary/aromatic N) is 2. The Kier molecular flexibility index (Phi) is 6.10. The number of morpholine rings is 1. The number of nitro groups is 1. The molecule has 0 saturated carbocycles. The van der Waals surface area contributed by atoms with Gasteiger partial charge >= 0.3 is 0 Å². The van der Waals surface area contributed by atoms with Crippen LogP contribution < -0.4 is 10.0 Å². The van der Waals surface area contributed by atoms with Crippen molar-refractivity contribution < 1.29 is 18.1 Å². The van der Waals surface area contributed by atoms with Crippen molar-refractivity contribution in [2.75, 3.05) is 31.5 Å². The summed E-state index contributed by atoms with van der Waals surface area (Å²) in [6.07, 6.45) is -0.314. The molecule has 1 aromatic rings. The van der Waals surface area contributed by atoms with Crippen LogP contribution in [0.15, 0.2) is 24.3 Å². The first kappa shape index (κ1) is 18.6. The Labute approximate surface area is 141 Å². The van der Waals surface area contributed by atoms with E-state index in [0.717, 1.165) is 0 Å². The molecule has 0 radical (unpaired) electrons. The van der Waals surface area contributed by atoms with Gasteiger partial charge in [0, 0.05) is 32.2 Å². The lowest BCUT2D eigenvalue weighted by atomic mass is 10.2. The van der Waals surface area contributed by atoms with Gasteiger partial charge in [0.1, 0.15) is 5.69 Å². The molecule has 2 atom stereocenters. The average molecular weight is 358 g/mol. The lowest BCUT2D eigenvalue weighted by molar-refractivity contribution is -0.384. The summed E-state index contributed by atoms with van der Waals surface area (Å²) in [5, 5.41) is 13.8. The molecule has 0 aliphatic carbocycles. The molecule has 1 aromatic carbocycles. The fourth-order valence-corrected chi connectivity index (χ4v) is 3.93. The van der Waals surface area contributed by atoms with Gasteiger partial charge in [0.15, 0.2) is 0 Å². The summed E-state index contributed by atoms with van der Waals surface area (Å²) < 4.78 is 34.0. The minimum absolute atomic E-state index is 0.0452. The molecule has 10 heteroatoms. The van der Waals surface area contributed by atoms with Crippen LogP contribution in [-0.4, -0.2) is 56.0 Å². The van der Waals surface area contributed by atoms with Gasteiger partial charge in [-0.25, -0.2) is 4.72 Å². The Hall–Kier alpha value is -1.75. The summed E-state index contributed by atoms with van der Waals surface area (Å²) >= 11 is 0. The second kappa shape index (κ2) is 7.88. The van der Waals surface area contributed by atoms with E-state index in [1.54, 1.807) is 18.2 Å². The summed E-state index contributed by atoms with van der Waals surface area (Å²) in [6.45, 7) is 4.62. The highest BCUT2D eigenvalue weighted by Gasteiger charge is 2.30. The molecule has 0 aromatic heterocycles. The van der Waals surface area contributed by atoms with E-state index >= 15 is 0 Å². The Morgan fingerprint density at radius 1 is 1.25 bits per heavy atom. The molecule has 2 rings (SSSR count). The van der Waals surface area contributed by atoms with Crippen molar-refractivity contribution >= 4 is 21.6 Å². The summed E-state index contributed by atoms with van der Waals surface area (Å²) in [5.41, 5.74) is 0.312. The standard InChI is InChI=1S/C14H22N4O5S/c1-11-9-17(10-12(2)23-11)24(21,22)16-8-7-15-13-5-3-4-6-14(13)18(19)20/h3-6,11-12,15-16H,7-10H2,1-2H3/t11-,12-/m0/s1. The van der Waals surface area contributed by atoms with Gasteiger partial charge < -0.3 is 10.1 Å². The predicted octanol–water partition coefficient (Wildman–Crippen LogP) is 0.950. The molecule has 1 aliphatic rings. The molecule has 1 heterocycles. The predicted molar refractivity (Wildman–Crippen MR) is 90.1 cm³/mol. The minimum Gasteiger partial charge on any atom is -0.378 e. The second-order valence-corrected chi connectivity index (χ2v) is 7.43. The molecule has 1 saturated heterocycles. The fourth-order valence-electron chi connectivity index (χ4n) is 2.58. The quantitative estimate of drug-likeness (QED) is 0.426. The number of rotatable bonds is 7. The highest BCUT2D eigenvalue weighted by molar-refractivity contribution is 7.87. The third-order valence-electron chi connectivity index (χ3n) is 3.55. The van der Waals surface area contributed by atoms with Crippen LogP contribution in [0.1, 0.15) is 13.8 Å². The van der Waals surface area contributed by atoms with E-state index < -0.39 is 15.1 Å². The number of anilines is 1. The number of hydrogen-bond donors (Lipinski definition) is 2. The Bertz CT molecular complexity index is 671. The van der Waals surface area contributed by atoms with Gasteiger partial charge in [-0.3, -0.25) is 10.1 Å². The van der Waals surface area contributed by atoms with Crippen molar-refractivity contribution in [3.63, 3.8) is 0 Å². The normalized spacial score (nSPS) is 22.2. The molecule has 9 nitrogen and oxygen atoms in total. The van der Waals surface area contributed by atoms with Crippen LogP contribution in [0.5, 0.6) is 0 Å². The van der Waals surface area contributed by atoms with E-state index in [-0.39, 0.29) is 31.0 Å². The zero-order valence-corrected chi connectivity index (χ0v) is 14.5. The average Bonchev–Trinajstić information content (AvgIpc) is 2.51. The number of benzene rings is 1. The second-order valence-electron chi connectivity index (χ2n) is 5.67. The van der Waals surface area contributed by atoms with Crippen LogP contribution >= 0.6 is 0 Å². The van der Waals surface area contributed by atoms with Gasteiger partial charge in [-0.15, -0.1) is 0 Å². The lowest BCUT2D eigenvalue weighted by Crippen LogP contribution is -2.52. The number of ether oxygens (including phenoxy) is 1. The molecular weight excluding hydrogens is 336 g/mol. The van der Waals surface area contributed by atoms with E-state index in [9.17, 15) is 18.5 Å². The van der Waals surface area contributed by atoms with E-state index in [2.05, 4.69) is 10.0 Å². The lowest BCUT2D eigenvalue weighted by Gasteiger charge is -2.34. The summed E-state index contributed by atoms with van der Waals surface area (Å²) in [7, 11) is -3.60. The number of nitrogens with one attached hydrogen (secondary N) is 2. The van der Waals surface area contributed by atoms with Crippen LogP contribution in [-0.2, 0) is 14.9 Å².